The zero-order chi connectivity index (χ0) is 22.4. The Labute approximate surface area is 181 Å². The number of nitro groups is 1. The van der Waals surface area contributed by atoms with Crippen LogP contribution in [0.2, 0.25) is 0 Å². The highest BCUT2D eigenvalue weighted by atomic mass is 16.6. The van der Waals surface area contributed by atoms with Gasteiger partial charge in [0.2, 0.25) is 11.8 Å². The largest absolute Gasteiger partial charge is 0.357 e. The lowest BCUT2D eigenvalue weighted by molar-refractivity contribution is -0.411. The Morgan fingerprint density at radius 2 is 1.90 bits per heavy atom. The van der Waals surface area contributed by atoms with E-state index in [9.17, 15) is 19.7 Å². The molecule has 2 aromatic rings. The molecule has 0 unspecified atom stereocenters. The molecule has 3 rings (SSSR count). The second kappa shape index (κ2) is 10.0. The van der Waals surface area contributed by atoms with Crippen molar-refractivity contribution in [2.45, 2.75) is 45.2 Å². The normalized spacial score (nSPS) is 15.2. The Morgan fingerprint density at radius 1 is 1.23 bits per heavy atom. The molecule has 0 saturated carbocycles. The van der Waals surface area contributed by atoms with Crippen LogP contribution in [0.15, 0.2) is 42.6 Å². The van der Waals surface area contributed by atoms with Crippen LogP contribution < -0.4 is 20.5 Å². The highest BCUT2D eigenvalue weighted by Crippen LogP contribution is 2.25. The van der Waals surface area contributed by atoms with Crippen molar-refractivity contribution >= 4 is 23.3 Å². The summed E-state index contributed by atoms with van der Waals surface area (Å²) < 4.78 is 0. The van der Waals surface area contributed by atoms with Crippen LogP contribution in [0, 0.1) is 17.0 Å². The van der Waals surface area contributed by atoms with E-state index in [1.54, 1.807) is 12.3 Å². The monoisotopic (exact) mass is 426 g/mol. The molecule has 1 atom stereocenters. The number of carbonyl (C=O) groups is 2. The van der Waals surface area contributed by atoms with Crippen LogP contribution >= 0.6 is 0 Å². The lowest BCUT2D eigenvalue weighted by Crippen LogP contribution is -2.53. The second-order valence-electron chi connectivity index (χ2n) is 7.87. The Morgan fingerprint density at radius 3 is 2.52 bits per heavy atom. The van der Waals surface area contributed by atoms with Crippen molar-refractivity contribution in [3.63, 3.8) is 0 Å². The maximum absolute atomic E-state index is 12.9. The predicted octanol–water partition coefficient (Wildman–Crippen LogP) is 1.55. The topological polar surface area (TPSA) is 119 Å². The molecule has 1 aliphatic heterocycles. The van der Waals surface area contributed by atoms with Crippen LogP contribution in [0.25, 0.3) is 0 Å². The molecule has 1 aliphatic rings. The number of aryl methyl sites for hydroxylation is 1. The summed E-state index contributed by atoms with van der Waals surface area (Å²) in [5.41, 5.74) is 2.14. The van der Waals surface area contributed by atoms with Crippen LogP contribution in [-0.4, -0.2) is 41.9 Å². The van der Waals surface area contributed by atoms with Gasteiger partial charge < -0.3 is 10.6 Å². The van der Waals surface area contributed by atoms with Gasteiger partial charge in [-0.1, -0.05) is 29.8 Å². The molecule has 31 heavy (non-hydrogen) atoms. The Bertz CT molecular complexity index is 939. The van der Waals surface area contributed by atoms with E-state index in [4.69, 9.17) is 0 Å². The molecule has 1 aromatic carbocycles. The average Bonchev–Trinajstić information content (AvgIpc) is 2.75. The van der Waals surface area contributed by atoms with E-state index in [2.05, 4.69) is 15.6 Å². The van der Waals surface area contributed by atoms with Crippen LogP contribution in [0.1, 0.15) is 30.9 Å². The van der Waals surface area contributed by atoms with E-state index in [-0.39, 0.29) is 23.5 Å². The molecule has 0 radical (unpaired) electrons. The maximum atomic E-state index is 12.9. The number of nitrogens with zero attached hydrogens (tertiary/aromatic N) is 2. The van der Waals surface area contributed by atoms with E-state index in [1.165, 1.54) is 13.0 Å². The van der Waals surface area contributed by atoms with Crippen molar-refractivity contribution in [3.05, 3.63) is 63.8 Å². The zero-order valence-corrected chi connectivity index (χ0v) is 17.8. The minimum atomic E-state index is -0.651. The number of aromatic nitrogens is 1. The lowest BCUT2D eigenvalue weighted by Gasteiger charge is -2.29. The van der Waals surface area contributed by atoms with Crippen LogP contribution in [-0.2, 0) is 16.0 Å². The zero-order valence-electron chi connectivity index (χ0n) is 17.8. The number of carbonyl (C=O) groups excluding carboxylic acids is 2. The van der Waals surface area contributed by atoms with Crippen LogP contribution in [0.5, 0.6) is 0 Å². The number of piperidine rings is 1. The molecule has 3 N–H and O–H groups in total. The van der Waals surface area contributed by atoms with Gasteiger partial charge in [0.05, 0.1) is 24.2 Å². The van der Waals surface area contributed by atoms with Gasteiger partial charge in [0.25, 0.3) is 0 Å². The summed E-state index contributed by atoms with van der Waals surface area (Å²) >= 11 is 0. The number of rotatable bonds is 7. The van der Waals surface area contributed by atoms with Gasteiger partial charge in [-0.2, -0.15) is 0 Å². The molecule has 0 spiro atoms. The molecular weight excluding hydrogens is 398 g/mol. The molecule has 0 bridgehead atoms. The molecule has 1 saturated heterocycles. The molecule has 2 heterocycles. The Balaban J connectivity index is 1.60. The number of hydrogen-bond donors (Lipinski definition) is 2. The first-order valence-electron chi connectivity index (χ1n) is 10.4. The third kappa shape index (κ3) is 6.00. The smallest absolute Gasteiger partial charge is 0.351 e. The maximum Gasteiger partial charge on any atom is 0.357 e. The summed E-state index contributed by atoms with van der Waals surface area (Å²) in [6.07, 6.45) is 3.39. The van der Waals surface area contributed by atoms with Gasteiger partial charge in [-0.15, -0.1) is 0 Å². The fraction of sp³-hybridized carbons (Fsp3) is 0.409. The van der Waals surface area contributed by atoms with Gasteiger partial charge in [-0.3, -0.25) is 24.6 Å². The second-order valence-corrected chi connectivity index (χ2v) is 7.87. The molecule has 1 fully saturated rings. The molecule has 9 nitrogen and oxygen atoms in total. The number of nitrogens with one attached hydrogen (secondary N) is 3. The number of amides is 2. The van der Waals surface area contributed by atoms with Crippen molar-refractivity contribution in [3.8, 4) is 0 Å². The van der Waals surface area contributed by atoms with E-state index in [1.807, 2.05) is 36.1 Å². The predicted molar refractivity (Wildman–Crippen MR) is 116 cm³/mol. The first kappa shape index (κ1) is 22.2. The number of hydrogen-bond acceptors (Lipinski definition) is 5. The third-order valence-electron chi connectivity index (χ3n) is 5.42. The summed E-state index contributed by atoms with van der Waals surface area (Å²) in [7, 11) is 0. The number of aromatic amines is 1. The minimum Gasteiger partial charge on any atom is -0.351 e. The summed E-state index contributed by atoms with van der Waals surface area (Å²) in [6.45, 7) is 4.55. The summed E-state index contributed by atoms with van der Waals surface area (Å²) in [5, 5.41) is 17.1. The number of H-pyrrole nitrogens is 1. The van der Waals surface area contributed by atoms with Crippen molar-refractivity contribution in [1.29, 1.82) is 0 Å². The molecule has 2 amide bonds. The molecule has 0 aliphatic carbocycles. The summed E-state index contributed by atoms with van der Waals surface area (Å²) in [5.74, 6) is 0.00764. The molecule has 1 aromatic heterocycles. The van der Waals surface area contributed by atoms with Crippen molar-refractivity contribution in [2.24, 2.45) is 0 Å². The first-order valence-corrected chi connectivity index (χ1v) is 10.4. The van der Waals surface area contributed by atoms with E-state index in [0.29, 0.717) is 38.2 Å². The average molecular weight is 426 g/mol. The minimum absolute atomic E-state index is 0.0359. The van der Waals surface area contributed by atoms with Gasteiger partial charge in [0.1, 0.15) is 6.04 Å². The van der Waals surface area contributed by atoms with Crippen molar-refractivity contribution in [2.75, 3.05) is 18.0 Å². The molecule has 9 heteroatoms. The highest BCUT2D eigenvalue weighted by molar-refractivity contribution is 5.87. The third-order valence-corrected chi connectivity index (χ3v) is 5.42. The summed E-state index contributed by atoms with van der Waals surface area (Å²) in [6, 6.07) is 10.2. The van der Waals surface area contributed by atoms with Gasteiger partial charge in [0.15, 0.2) is 0 Å². The Hall–Kier alpha value is -3.49. The van der Waals surface area contributed by atoms with Crippen molar-refractivity contribution < 1.29 is 19.5 Å². The van der Waals surface area contributed by atoms with E-state index < -0.39 is 11.0 Å². The van der Waals surface area contributed by atoms with E-state index >= 15 is 0 Å². The van der Waals surface area contributed by atoms with E-state index in [0.717, 1.165) is 11.1 Å². The van der Waals surface area contributed by atoms with Gasteiger partial charge in [0, 0.05) is 38.3 Å². The van der Waals surface area contributed by atoms with Crippen molar-refractivity contribution in [1.82, 2.24) is 10.6 Å². The Kier molecular flexibility index (Phi) is 7.17. The lowest BCUT2D eigenvalue weighted by atomic mass is 10.0. The highest BCUT2D eigenvalue weighted by Gasteiger charge is 2.33. The SMILES string of the molecule is CC(=O)N[C@@H](Cc1ccc(C)cc1)C(=O)NC1CCN(c2[nH+]cccc2[N+](=O)[O-])CC1. The summed E-state index contributed by atoms with van der Waals surface area (Å²) in [4.78, 5) is 40.3. The molecular formula is C22H28N5O4+. The van der Waals surface area contributed by atoms with Gasteiger partial charge in [-0.05, 0) is 18.6 Å². The van der Waals surface area contributed by atoms with Gasteiger partial charge in [-0.25, -0.2) is 4.98 Å². The van der Waals surface area contributed by atoms with Crippen LogP contribution in [0.3, 0.4) is 0 Å². The fourth-order valence-electron chi connectivity index (χ4n) is 3.78. The number of anilines is 1. The molecule has 164 valence electrons. The number of pyridine rings is 1. The fourth-order valence-corrected chi connectivity index (χ4v) is 3.78. The standard InChI is InChI=1S/C22H27N5O4/c1-15-5-7-17(8-6-15)14-19(24-16(2)28)22(29)25-18-9-12-26(13-10-18)21-20(27(30)31)4-3-11-23-21/h3-8,11,18-19H,9-10,12-14H2,1-2H3,(H,24,28)(H,25,29)/p+1/t19-/m0/s1. The van der Waals surface area contributed by atoms with Gasteiger partial charge >= 0.3 is 11.5 Å². The first-order chi connectivity index (χ1) is 14.8. The number of benzene rings is 1. The van der Waals surface area contributed by atoms with Crippen LogP contribution in [0.4, 0.5) is 11.5 Å². The quantitative estimate of drug-likeness (QED) is 0.514.